The van der Waals surface area contributed by atoms with Crippen molar-refractivity contribution in [3.05, 3.63) is 45.3 Å². The predicted octanol–water partition coefficient (Wildman–Crippen LogP) is 4.81. The number of nitrogens with one attached hydrogen (secondary N) is 2. The van der Waals surface area contributed by atoms with Gasteiger partial charge in [-0.1, -0.05) is 45.9 Å². The van der Waals surface area contributed by atoms with Gasteiger partial charge in [0.2, 0.25) is 0 Å². The lowest BCUT2D eigenvalue weighted by Crippen LogP contribution is -2.23. The number of anilines is 2. The molecule has 2 heterocycles. The van der Waals surface area contributed by atoms with Crippen LogP contribution in [0.1, 0.15) is 71.5 Å². The summed E-state index contributed by atoms with van der Waals surface area (Å²) in [6, 6.07) is 5.70. The van der Waals surface area contributed by atoms with Crippen molar-refractivity contribution in [3.63, 3.8) is 0 Å². The minimum atomic E-state index is -0.528. The molecule has 3 rings (SSSR count). The third kappa shape index (κ3) is 4.05. The van der Waals surface area contributed by atoms with Gasteiger partial charge in [-0.3, -0.25) is 10.1 Å². The van der Waals surface area contributed by atoms with Crippen molar-refractivity contribution in [1.29, 1.82) is 0 Å². The molecule has 0 fully saturated rings. The molecule has 4 N–H and O–H groups in total. The summed E-state index contributed by atoms with van der Waals surface area (Å²) in [7, 11) is 0. The lowest BCUT2D eigenvalue weighted by Gasteiger charge is -2.20. The van der Waals surface area contributed by atoms with E-state index in [4.69, 9.17) is 10.5 Å². The number of benzene rings is 1. The molecular formula is C21H27N3O3S. The molecular weight excluding hydrogens is 374 g/mol. The lowest BCUT2D eigenvalue weighted by atomic mass is 9.93. The Hall–Kier alpha value is -2.38. The monoisotopic (exact) mass is 401 g/mol. The molecule has 1 aromatic carbocycles. The standard InChI is InChI=1S/C21H27N3O3S/c1-11(2)13-6-5-7-14(12(3)4)18(13)23-21(26)24-20-17(19(22)25)15-8-9-27-10-16(15)28-20/h5-7,11-12H,8-10H2,1-4H3,(H2,22,25)(H2,23,24,26). The van der Waals surface area contributed by atoms with Crippen LogP contribution in [0.3, 0.4) is 0 Å². The first kappa shape index (κ1) is 20.4. The maximum absolute atomic E-state index is 12.8. The molecule has 2 aromatic rings. The Morgan fingerprint density at radius 3 is 2.32 bits per heavy atom. The van der Waals surface area contributed by atoms with Crippen LogP contribution in [0.25, 0.3) is 0 Å². The van der Waals surface area contributed by atoms with Gasteiger partial charge in [-0.2, -0.15) is 0 Å². The molecule has 1 aromatic heterocycles. The summed E-state index contributed by atoms with van der Waals surface area (Å²) in [6.45, 7) is 9.39. The maximum atomic E-state index is 12.8. The summed E-state index contributed by atoms with van der Waals surface area (Å²) < 4.78 is 5.46. The summed E-state index contributed by atoms with van der Waals surface area (Å²) in [4.78, 5) is 25.8. The van der Waals surface area contributed by atoms with Crippen LogP contribution in [-0.4, -0.2) is 18.5 Å². The first-order valence-corrected chi connectivity index (χ1v) is 10.3. The molecule has 3 amide bonds. The highest BCUT2D eigenvalue weighted by Crippen LogP contribution is 2.37. The second-order valence-corrected chi connectivity index (χ2v) is 8.68. The smallest absolute Gasteiger partial charge is 0.324 e. The SMILES string of the molecule is CC(C)c1cccc(C(C)C)c1NC(=O)Nc1sc2c(c1C(N)=O)CCOC2. The van der Waals surface area contributed by atoms with E-state index < -0.39 is 5.91 Å². The average molecular weight is 402 g/mol. The Balaban J connectivity index is 1.90. The Labute approximate surface area is 169 Å². The predicted molar refractivity (Wildman–Crippen MR) is 113 cm³/mol. The minimum Gasteiger partial charge on any atom is -0.376 e. The lowest BCUT2D eigenvalue weighted by molar-refractivity contribution is 0.0991. The number of carbonyl (C=O) groups is 2. The van der Waals surface area contributed by atoms with Gasteiger partial charge in [-0.15, -0.1) is 11.3 Å². The van der Waals surface area contributed by atoms with Crippen molar-refractivity contribution in [2.24, 2.45) is 5.73 Å². The van der Waals surface area contributed by atoms with Crippen LogP contribution in [0.4, 0.5) is 15.5 Å². The van der Waals surface area contributed by atoms with E-state index in [0.29, 0.717) is 30.2 Å². The zero-order chi connectivity index (χ0) is 20.4. The zero-order valence-corrected chi connectivity index (χ0v) is 17.5. The first-order valence-electron chi connectivity index (χ1n) is 9.52. The molecule has 0 aliphatic carbocycles. The van der Waals surface area contributed by atoms with Gasteiger partial charge in [0.25, 0.3) is 5.91 Å². The average Bonchev–Trinajstić information content (AvgIpc) is 2.99. The molecule has 7 heteroatoms. The fourth-order valence-corrected chi connectivity index (χ4v) is 4.71. The number of thiophene rings is 1. The third-order valence-corrected chi connectivity index (χ3v) is 6.03. The number of ether oxygens (including phenoxy) is 1. The molecule has 0 saturated heterocycles. The molecule has 0 atom stereocenters. The van der Waals surface area contributed by atoms with E-state index in [-0.39, 0.29) is 17.9 Å². The summed E-state index contributed by atoms with van der Waals surface area (Å²) >= 11 is 1.35. The molecule has 0 radical (unpaired) electrons. The van der Waals surface area contributed by atoms with Crippen molar-refractivity contribution in [1.82, 2.24) is 0 Å². The van der Waals surface area contributed by atoms with Crippen molar-refractivity contribution in [2.45, 2.75) is 52.6 Å². The number of hydrogen-bond acceptors (Lipinski definition) is 4. The van der Waals surface area contributed by atoms with Crippen LogP contribution >= 0.6 is 11.3 Å². The fourth-order valence-electron chi connectivity index (χ4n) is 3.52. The van der Waals surface area contributed by atoms with Crippen molar-refractivity contribution >= 4 is 34.0 Å². The molecule has 0 unspecified atom stereocenters. The Bertz CT molecular complexity index is 876. The Kier molecular flexibility index (Phi) is 6.05. The molecule has 28 heavy (non-hydrogen) atoms. The van der Waals surface area contributed by atoms with Gasteiger partial charge in [0.1, 0.15) is 5.00 Å². The number of hydrogen-bond donors (Lipinski definition) is 3. The van der Waals surface area contributed by atoms with Gasteiger partial charge >= 0.3 is 6.03 Å². The summed E-state index contributed by atoms with van der Waals surface area (Å²) in [5.41, 5.74) is 9.88. The number of fused-ring (bicyclic) bond motifs is 1. The van der Waals surface area contributed by atoms with E-state index in [9.17, 15) is 9.59 Å². The Morgan fingerprint density at radius 2 is 1.75 bits per heavy atom. The topological polar surface area (TPSA) is 93.5 Å². The van der Waals surface area contributed by atoms with Crippen molar-refractivity contribution < 1.29 is 14.3 Å². The van der Waals surface area contributed by atoms with Gasteiger partial charge in [0.05, 0.1) is 18.8 Å². The van der Waals surface area contributed by atoms with Crippen LogP contribution in [0.15, 0.2) is 18.2 Å². The highest BCUT2D eigenvalue weighted by atomic mass is 32.1. The van der Waals surface area contributed by atoms with Crippen LogP contribution in [0.2, 0.25) is 0 Å². The van der Waals surface area contributed by atoms with Crippen molar-refractivity contribution in [3.8, 4) is 0 Å². The van der Waals surface area contributed by atoms with Gasteiger partial charge in [0.15, 0.2) is 0 Å². The molecule has 6 nitrogen and oxygen atoms in total. The van der Waals surface area contributed by atoms with Gasteiger partial charge in [-0.25, -0.2) is 4.79 Å². The quantitative estimate of drug-likeness (QED) is 0.671. The number of urea groups is 1. The largest absolute Gasteiger partial charge is 0.376 e. The number of nitrogens with two attached hydrogens (primary N) is 1. The van der Waals surface area contributed by atoms with E-state index in [1.54, 1.807) is 0 Å². The minimum absolute atomic E-state index is 0.265. The van der Waals surface area contributed by atoms with Gasteiger partial charge in [0, 0.05) is 10.6 Å². The summed E-state index contributed by atoms with van der Waals surface area (Å²) in [5.74, 6) is 0.00270. The molecule has 0 spiro atoms. The van der Waals surface area contributed by atoms with Crippen LogP contribution < -0.4 is 16.4 Å². The van der Waals surface area contributed by atoms with E-state index >= 15 is 0 Å². The van der Waals surface area contributed by atoms with E-state index in [1.165, 1.54) is 11.3 Å². The van der Waals surface area contributed by atoms with E-state index in [2.05, 4.69) is 38.3 Å². The van der Waals surface area contributed by atoms with Crippen LogP contribution in [0, 0.1) is 0 Å². The highest BCUT2D eigenvalue weighted by molar-refractivity contribution is 7.17. The maximum Gasteiger partial charge on any atom is 0.324 e. The van der Waals surface area contributed by atoms with Gasteiger partial charge in [-0.05, 0) is 34.9 Å². The molecule has 0 saturated carbocycles. The third-order valence-electron chi connectivity index (χ3n) is 4.91. The number of para-hydroxylation sites is 1. The van der Waals surface area contributed by atoms with Crippen LogP contribution in [0.5, 0.6) is 0 Å². The normalized spacial score (nSPS) is 13.5. The second kappa shape index (κ2) is 8.32. The molecule has 1 aliphatic heterocycles. The van der Waals surface area contributed by atoms with Crippen molar-refractivity contribution in [2.75, 3.05) is 17.2 Å². The fraction of sp³-hybridized carbons (Fsp3) is 0.429. The van der Waals surface area contributed by atoms with Gasteiger partial charge < -0.3 is 15.8 Å². The highest BCUT2D eigenvalue weighted by Gasteiger charge is 2.26. The number of rotatable bonds is 5. The summed E-state index contributed by atoms with van der Waals surface area (Å²) in [5, 5.41) is 6.33. The summed E-state index contributed by atoms with van der Waals surface area (Å²) in [6.07, 6.45) is 0.626. The second-order valence-electron chi connectivity index (χ2n) is 7.57. The zero-order valence-electron chi connectivity index (χ0n) is 16.7. The molecule has 0 bridgehead atoms. The number of primary amides is 1. The molecule has 150 valence electrons. The Morgan fingerprint density at radius 1 is 1.11 bits per heavy atom. The number of amides is 3. The number of carbonyl (C=O) groups excluding carboxylic acids is 2. The molecule has 1 aliphatic rings. The first-order chi connectivity index (χ1) is 13.3. The van der Waals surface area contributed by atoms with E-state index in [0.717, 1.165) is 27.3 Å². The van der Waals surface area contributed by atoms with E-state index in [1.807, 2.05) is 18.2 Å². The van der Waals surface area contributed by atoms with Crippen LogP contribution in [-0.2, 0) is 17.8 Å².